The number of ether oxygens (including phenoxy) is 1. The van der Waals surface area contributed by atoms with Crippen molar-refractivity contribution in [2.24, 2.45) is 0 Å². The van der Waals surface area contributed by atoms with E-state index in [1.54, 1.807) is 6.92 Å². The fourth-order valence-corrected chi connectivity index (χ4v) is 3.25. The Balaban J connectivity index is 1.99. The molecule has 3 nitrogen and oxygen atoms in total. The molecule has 0 N–H and O–H groups in total. The third kappa shape index (κ3) is 5.53. The Labute approximate surface area is 147 Å². The molecular formula is C20H22O3S. The number of hydrogen-bond donors (Lipinski definition) is 0. The predicted molar refractivity (Wildman–Crippen MR) is 98.9 cm³/mol. The number of rotatable bonds is 7. The predicted octanol–water partition coefficient (Wildman–Crippen LogP) is 4.50. The average Bonchev–Trinajstić information content (AvgIpc) is 2.60. The Morgan fingerprint density at radius 1 is 1.00 bits per heavy atom. The summed E-state index contributed by atoms with van der Waals surface area (Å²) in [6, 6.07) is 18.5. The summed E-state index contributed by atoms with van der Waals surface area (Å²) in [5, 5.41) is -0.497. The van der Waals surface area contributed by atoms with Crippen LogP contribution >= 0.6 is 11.8 Å². The van der Waals surface area contributed by atoms with Gasteiger partial charge in [0.2, 0.25) is 0 Å². The second-order valence-corrected chi connectivity index (χ2v) is 6.83. The number of esters is 1. The van der Waals surface area contributed by atoms with Gasteiger partial charge in [-0.25, -0.2) is 0 Å². The molecule has 1 atom stereocenters. The fraction of sp³-hybridized carbons (Fsp3) is 0.300. The second kappa shape index (κ2) is 9.28. The van der Waals surface area contributed by atoms with E-state index in [0.717, 1.165) is 23.7 Å². The standard InChI is InChI=1S/C20H22O3S/c1-3-23-20(22)19(24-15(2)21)14-11-16-9-12-18(13-10-16)17-7-5-4-6-8-17/h4-10,12-13,19H,3,11,14H2,1-2H3. The van der Waals surface area contributed by atoms with Crippen LogP contribution in [0.1, 0.15) is 25.8 Å². The molecular weight excluding hydrogens is 320 g/mol. The van der Waals surface area contributed by atoms with Crippen molar-refractivity contribution in [3.8, 4) is 11.1 Å². The molecule has 0 bridgehead atoms. The zero-order chi connectivity index (χ0) is 17.4. The molecule has 4 heteroatoms. The first-order valence-corrected chi connectivity index (χ1v) is 8.96. The van der Waals surface area contributed by atoms with Crippen LogP contribution in [0.3, 0.4) is 0 Å². The molecule has 0 fully saturated rings. The van der Waals surface area contributed by atoms with Gasteiger partial charge in [-0.2, -0.15) is 0 Å². The van der Waals surface area contributed by atoms with Crippen LogP contribution in [0.25, 0.3) is 11.1 Å². The Morgan fingerprint density at radius 2 is 1.62 bits per heavy atom. The lowest BCUT2D eigenvalue weighted by molar-refractivity contribution is -0.142. The highest BCUT2D eigenvalue weighted by atomic mass is 32.2. The van der Waals surface area contributed by atoms with Crippen LogP contribution in [-0.4, -0.2) is 22.9 Å². The van der Waals surface area contributed by atoms with Gasteiger partial charge in [0, 0.05) is 6.92 Å². The minimum absolute atomic E-state index is 0.0625. The smallest absolute Gasteiger partial charge is 0.319 e. The van der Waals surface area contributed by atoms with Crippen LogP contribution in [0.15, 0.2) is 54.6 Å². The first kappa shape index (κ1) is 18.3. The maximum atomic E-state index is 11.9. The molecule has 0 aliphatic rings. The molecule has 24 heavy (non-hydrogen) atoms. The normalized spacial score (nSPS) is 11.8. The van der Waals surface area contributed by atoms with Crippen molar-refractivity contribution in [3.63, 3.8) is 0 Å². The average molecular weight is 342 g/mol. The monoisotopic (exact) mass is 342 g/mol. The summed E-state index contributed by atoms with van der Waals surface area (Å²) in [6.07, 6.45) is 1.33. The summed E-state index contributed by atoms with van der Waals surface area (Å²) in [4.78, 5) is 23.3. The molecule has 0 saturated heterocycles. The van der Waals surface area contributed by atoms with E-state index in [-0.39, 0.29) is 11.1 Å². The molecule has 1 unspecified atom stereocenters. The molecule has 0 radical (unpaired) electrons. The van der Waals surface area contributed by atoms with Crippen molar-refractivity contribution < 1.29 is 14.3 Å². The molecule has 126 valence electrons. The molecule has 0 saturated carbocycles. The maximum absolute atomic E-state index is 11.9. The Morgan fingerprint density at radius 3 is 2.21 bits per heavy atom. The zero-order valence-electron chi connectivity index (χ0n) is 14.0. The van der Waals surface area contributed by atoms with Gasteiger partial charge in [0.25, 0.3) is 0 Å². The highest BCUT2D eigenvalue weighted by Gasteiger charge is 2.22. The van der Waals surface area contributed by atoms with Crippen LogP contribution in [0.5, 0.6) is 0 Å². The number of hydrogen-bond acceptors (Lipinski definition) is 4. The fourth-order valence-electron chi connectivity index (χ4n) is 2.45. The van der Waals surface area contributed by atoms with E-state index < -0.39 is 5.25 Å². The van der Waals surface area contributed by atoms with Crippen LogP contribution in [0.2, 0.25) is 0 Å². The van der Waals surface area contributed by atoms with Crippen LogP contribution in [0, 0.1) is 0 Å². The number of carbonyl (C=O) groups excluding carboxylic acids is 2. The molecule has 0 heterocycles. The topological polar surface area (TPSA) is 43.4 Å². The molecule has 0 aliphatic heterocycles. The van der Waals surface area contributed by atoms with E-state index in [4.69, 9.17) is 4.74 Å². The van der Waals surface area contributed by atoms with Crippen molar-refractivity contribution >= 4 is 22.8 Å². The van der Waals surface area contributed by atoms with Gasteiger partial charge in [-0.15, -0.1) is 0 Å². The Bertz CT molecular complexity index is 665. The molecule has 2 aromatic carbocycles. The third-order valence-electron chi connectivity index (χ3n) is 3.61. The van der Waals surface area contributed by atoms with Crippen LogP contribution in [-0.2, 0) is 20.7 Å². The first-order valence-electron chi connectivity index (χ1n) is 8.08. The minimum atomic E-state index is -0.434. The van der Waals surface area contributed by atoms with E-state index in [9.17, 15) is 9.59 Å². The zero-order valence-corrected chi connectivity index (χ0v) is 14.8. The van der Waals surface area contributed by atoms with Crippen molar-refractivity contribution in [3.05, 3.63) is 60.2 Å². The van der Waals surface area contributed by atoms with Crippen molar-refractivity contribution in [2.75, 3.05) is 6.61 Å². The van der Waals surface area contributed by atoms with E-state index in [0.29, 0.717) is 13.0 Å². The Hall–Kier alpha value is -2.07. The quantitative estimate of drug-likeness (QED) is 0.695. The number of thioether (sulfide) groups is 1. The van der Waals surface area contributed by atoms with Gasteiger partial charge in [0.05, 0.1) is 6.61 Å². The SMILES string of the molecule is CCOC(=O)C(CCc1ccc(-c2ccccc2)cc1)SC(C)=O. The van der Waals surface area contributed by atoms with Gasteiger partial charge in [0.15, 0.2) is 5.12 Å². The summed E-state index contributed by atoms with van der Waals surface area (Å²) >= 11 is 1.05. The van der Waals surface area contributed by atoms with Gasteiger partial charge in [-0.1, -0.05) is 66.4 Å². The summed E-state index contributed by atoms with van der Waals surface area (Å²) in [6.45, 7) is 3.58. The van der Waals surface area contributed by atoms with Crippen molar-refractivity contribution in [2.45, 2.75) is 31.9 Å². The van der Waals surface area contributed by atoms with Gasteiger partial charge in [-0.05, 0) is 36.5 Å². The lowest BCUT2D eigenvalue weighted by Crippen LogP contribution is -2.22. The largest absolute Gasteiger partial charge is 0.465 e. The lowest BCUT2D eigenvalue weighted by Gasteiger charge is -2.13. The molecule has 0 aromatic heterocycles. The summed E-state index contributed by atoms with van der Waals surface area (Å²) in [5.41, 5.74) is 3.49. The molecule has 0 spiro atoms. The van der Waals surface area contributed by atoms with Gasteiger partial charge >= 0.3 is 5.97 Å². The summed E-state index contributed by atoms with van der Waals surface area (Å²) in [5.74, 6) is -0.307. The van der Waals surface area contributed by atoms with Gasteiger partial charge in [0.1, 0.15) is 5.25 Å². The van der Waals surface area contributed by atoms with E-state index >= 15 is 0 Å². The lowest BCUT2D eigenvalue weighted by atomic mass is 10.0. The van der Waals surface area contributed by atoms with Gasteiger partial charge < -0.3 is 4.74 Å². The summed E-state index contributed by atoms with van der Waals surface area (Å²) < 4.78 is 5.06. The second-order valence-electron chi connectivity index (χ2n) is 5.45. The van der Waals surface area contributed by atoms with E-state index in [1.165, 1.54) is 18.1 Å². The van der Waals surface area contributed by atoms with Crippen LogP contribution < -0.4 is 0 Å². The molecule has 0 aliphatic carbocycles. The third-order valence-corrected chi connectivity index (χ3v) is 4.66. The Kier molecular flexibility index (Phi) is 7.07. The van der Waals surface area contributed by atoms with Gasteiger partial charge in [-0.3, -0.25) is 9.59 Å². The summed E-state index contributed by atoms with van der Waals surface area (Å²) in [7, 11) is 0. The van der Waals surface area contributed by atoms with E-state index in [2.05, 4.69) is 36.4 Å². The van der Waals surface area contributed by atoms with Crippen molar-refractivity contribution in [1.29, 1.82) is 0 Å². The first-order chi connectivity index (χ1) is 11.6. The number of aryl methyl sites for hydroxylation is 1. The van der Waals surface area contributed by atoms with E-state index in [1.807, 2.05) is 18.2 Å². The minimum Gasteiger partial charge on any atom is -0.465 e. The highest BCUT2D eigenvalue weighted by molar-refractivity contribution is 8.14. The highest BCUT2D eigenvalue weighted by Crippen LogP contribution is 2.22. The molecule has 0 amide bonds. The van der Waals surface area contributed by atoms with Crippen LogP contribution in [0.4, 0.5) is 0 Å². The molecule has 2 aromatic rings. The number of benzene rings is 2. The van der Waals surface area contributed by atoms with Crippen molar-refractivity contribution in [1.82, 2.24) is 0 Å². The maximum Gasteiger partial charge on any atom is 0.319 e. The molecule has 2 rings (SSSR count). The number of carbonyl (C=O) groups is 2.